The lowest BCUT2D eigenvalue weighted by molar-refractivity contribution is 0.465. The van der Waals surface area contributed by atoms with Crippen LogP contribution in [0.15, 0.2) is 18.2 Å². The summed E-state index contributed by atoms with van der Waals surface area (Å²) in [4.78, 5) is 0. The lowest BCUT2D eigenvalue weighted by Gasteiger charge is -1.99. The van der Waals surface area contributed by atoms with E-state index in [1.807, 2.05) is 0 Å². The molecule has 58 valence electrons. The van der Waals surface area contributed by atoms with Crippen molar-refractivity contribution < 1.29 is 9.50 Å². The molecule has 1 heterocycles. The van der Waals surface area contributed by atoms with Crippen molar-refractivity contribution >= 4 is 0 Å². The zero-order chi connectivity index (χ0) is 7.84. The van der Waals surface area contributed by atoms with E-state index in [1.165, 1.54) is 18.2 Å². The Bertz CT molecular complexity index is 283. The summed E-state index contributed by atoms with van der Waals surface area (Å²) in [6, 6.07) is 4.15. The molecule has 1 aliphatic heterocycles. The number of nitrogens with one attached hydrogen (secondary N) is 1. The van der Waals surface area contributed by atoms with Crippen molar-refractivity contribution in [2.75, 3.05) is 6.54 Å². The summed E-state index contributed by atoms with van der Waals surface area (Å²) in [7, 11) is 0. The van der Waals surface area contributed by atoms with Crippen molar-refractivity contribution in [3.05, 3.63) is 29.6 Å². The summed E-state index contributed by atoms with van der Waals surface area (Å²) >= 11 is 0. The SMILES string of the molecule is Oc1ccc(F)cc1[C@H]1CN1. The summed E-state index contributed by atoms with van der Waals surface area (Å²) in [5, 5.41) is 12.2. The van der Waals surface area contributed by atoms with Crippen LogP contribution < -0.4 is 5.32 Å². The molecule has 3 heteroatoms. The summed E-state index contributed by atoms with van der Waals surface area (Å²) in [6.07, 6.45) is 0. The van der Waals surface area contributed by atoms with E-state index >= 15 is 0 Å². The zero-order valence-corrected chi connectivity index (χ0v) is 5.84. The van der Waals surface area contributed by atoms with E-state index in [1.54, 1.807) is 0 Å². The van der Waals surface area contributed by atoms with Gasteiger partial charge in [0.25, 0.3) is 0 Å². The fraction of sp³-hybridized carbons (Fsp3) is 0.250. The molecule has 0 aliphatic carbocycles. The van der Waals surface area contributed by atoms with Crippen LogP contribution in [0.2, 0.25) is 0 Å². The van der Waals surface area contributed by atoms with Crippen LogP contribution in [0, 0.1) is 5.82 Å². The van der Waals surface area contributed by atoms with Gasteiger partial charge in [-0.1, -0.05) is 0 Å². The molecule has 1 aromatic rings. The molecular formula is C8H8FNO. The first-order valence-corrected chi connectivity index (χ1v) is 3.49. The van der Waals surface area contributed by atoms with E-state index in [4.69, 9.17) is 0 Å². The maximum Gasteiger partial charge on any atom is 0.123 e. The molecule has 0 bridgehead atoms. The Morgan fingerprint density at radius 3 is 2.91 bits per heavy atom. The highest BCUT2D eigenvalue weighted by Gasteiger charge is 2.25. The van der Waals surface area contributed by atoms with Gasteiger partial charge in [0.15, 0.2) is 0 Å². The Morgan fingerprint density at radius 2 is 2.27 bits per heavy atom. The molecule has 2 N–H and O–H groups in total. The second-order valence-electron chi connectivity index (χ2n) is 2.66. The van der Waals surface area contributed by atoms with Crippen molar-refractivity contribution in [2.24, 2.45) is 0 Å². The first-order valence-electron chi connectivity index (χ1n) is 3.49. The fourth-order valence-corrected chi connectivity index (χ4v) is 1.08. The quantitative estimate of drug-likeness (QED) is 0.595. The smallest absolute Gasteiger partial charge is 0.123 e. The van der Waals surface area contributed by atoms with Gasteiger partial charge in [-0.3, -0.25) is 0 Å². The van der Waals surface area contributed by atoms with Crippen LogP contribution in [0.1, 0.15) is 11.6 Å². The van der Waals surface area contributed by atoms with Crippen LogP contribution in [0.3, 0.4) is 0 Å². The van der Waals surface area contributed by atoms with Crippen LogP contribution in [0.4, 0.5) is 4.39 Å². The van der Waals surface area contributed by atoms with E-state index in [0.717, 1.165) is 6.54 Å². The van der Waals surface area contributed by atoms with Crippen LogP contribution >= 0.6 is 0 Å². The van der Waals surface area contributed by atoms with Crippen molar-refractivity contribution in [3.63, 3.8) is 0 Å². The number of halogens is 1. The molecule has 1 aromatic carbocycles. The Kier molecular flexibility index (Phi) is 1.32. The Labute approximate surface area is 63.7 Å². The number of phenols is 1. The molecule has 11 heavy (non-hydrogen) atoms. The van der Waals surface area contributed by atoms with Gasteiger partial charge in [0, 0.05) is 18.2 Å². The third-order valence-corrected chi connectivity index (χ3v) is 1.77. The van der Waals surface area contributed by atoms with Crippen molar-refractivity contribution in [1.29, 1.82) is 0 Å². The molecule has 2 rings (SSSR count). The van der Waals surface area contributed by atoms with Gasteiger partial charge in [-0.2, -0.15) is 0 Å². The average Bonchev–Trinajstić information content (AvgIpc) is 2.76. The maximum atomic E-state index is 12.6. The summed E-state index contributed by atoms with van der Waals surface area (Å²) in [6.45, 7) is 0.830. The summed E-state index contributed by atoms with van der Waals surface area (Å²) < 4.78 is 12.6. The highest BCUT2D eigenvalue weighted by Crippen LogP contribution is 2.29. The highest BCUT2D eigenvalue weighted by molar-refractivity contribution is 5.37. The lowest BCUT2D eigenvalue weighted by Crippen LogP contribution is -1.86. The summed E-state index contributed by atoms with van der Waals surface area (Å²) in [5.74, 6) is -0.132. The first-order chi connectivity index (χ1) is 5.27. The molecule has 0 saturated carbocycles. The lowest BCUT2D eigenvalue weighted by atomic mass is 10.1. The Morgan fingerprint density at radius 1 is 1.55 bits per heavy atom. The van der Waals surface area contributed by atoms with Gasteiger partial charge < -0.3 is 10.4 Å². The Hall–Kier alpha value is -1.09. The van der Waals surface area contributed by atoms with Gasteiger partial charge in [-0.25, -0.2) is 4.39 Å². The normalized spacial score (nSPS) is 21.7. The topological polar surface area (TPSA) is 42.2 Å². The number of hydrogen-bond acceptors (Lipinski definition) is 2. The first kappa shape index (κ1) is 6.61. The van der Waals surface area contributed by atoms with E-state index in [2.05, 4.69) is 5.32 Å². The molecule has 1 aliphatic rings. The predicted molar refractivity (Wildman–Crippen MR) is 38.8 cm³/mol. The number of hydrogen-bond donors (Lipinski definition) is 2. The van der Waals surface area contributed by atoms with Crippen LogP contribution in [-0.4, -0.2) is 11.7 Å². The average molecular weight is 153 g/mol. The third kappa shape index (κ3) is 1.19. The standard InChI is InChI=1S/C8H8FNO/c9-5-1-2-8(11)6(3-5)7-4-10-7/h1-3,7,10-11H,4H2/t7-/m1/s1. The van der Waals surface area contributed by atoms with Crippen LogP contribution in [0.5, 0.6) is 5.75 Å². The fourth-order valence-electron chi connectivity index (χ4n) is 1.08. The molecule has 1 fully saturated rings. The van der Waals surface area contributed by atoms with E-state index < -0.39 is 0 Å². The number of aromatic hydroxyl groups is 1. The second-order valence-corrected chi connectivity index (χ2v) is 2.66. The van der Waals surface area contributed by atoms with Crippen molar-refractivity contribution in [3.8, 4) is 5.75 Å². The van der Waals surface area contributed by atoms with Gasteiger partial charge >= 0.3 is 0 Å². The predicted octanol–water partition coefficient (Wildman–Crippen LogP) is 1.18. The van der Waals surface area contributed by atoms with E-state index in [-0.39, 0.29) is 17.6 Å². The molecular weight excluding hydrogens is 145 g/mol. The van der Waals surface area contributed by atoms with Crippen molar-refractivity contribution in [2.45, 2.75) is 6.04 Å². The highest BCUT2D eigenvalue weighted by atomic mass is 19.1. The van der Waals surface area contributed by atoms with Gasteiger partial charge in [-0.05, 0) is 18.2 Å². The molecule has 2 nitrogen and oxygen atoms in total. The minimum absolute atomic E-state index is 0.158. The molecule has 0 unspecified atom stereocenters. The molecule has 0 aromatic heterocycles. The van der Waals surface area contributed by atoms with Crippen LogP contribution in [0.25, 0.3) is 0 Å². The molecule has 0 amide bonds. The van der Waals surface area contributed by atoms with Gasteiger partial charge in [0.1, 0.15) is 11.6 Å². The zero-order valence-electron chi connectivity index (χ0n) is 5.84. The monoisotopic (exact) mass is 153 g/mol. The number of phenolic OH excluding ortho intramolecular Hbond substituents is 1. The second kappa shape index (κ2) is 2.20. The minimum atomic E-state index is -0.300. The van der Waals surface area contributed by atoms with E-state index in [9.17, 15) is 9.50 Å². The molecule has 1 atom stereocenters. The third-order valence-electron chi connectivity index (χ3n) is 1.77. The van der Waals surface area contributed by atoms with Crippen LogP contribution in [-0.2, 0) is 0 Å². The largest absolute Gasteiger partial charge is 0.508 e. The van der Waals surface area contributed by atoms with E-state index in [0.29, 0.717) is 5.56 Å². The van der Waals surface area contributed by atoms with Gasteiger partial charge in [0.05, 0.1) is 0 Å². The molecule has 1 saturated heterocycles. The molecule has 0 radical (unpaired) electrons. The molecule has 0 spiro atoms. The summed E-state index contributed by atoms with van der Waals surface area (Å²) in [5.41, 5.74) is 0.657. The maximum absolute atomic E-state index is 12.6. The minimum Gasteiger partial charge on any atom is -0.508 e. The van der Waals surface area contributed by atoms with Gasteiger partial charge in [0.2, 0.25) is 0 Å². The Balaban J connectivity index is 2.42. The number of rotatable bonds is 1. The number of benzene rings is 1. The van der Waals surface area contributed by atoms with Crippen molar-refractivity contribution in [1.82, 2.24) is 5.32 Å². The van der Waals surface area contributed by atoms with Gasteiger partial charge in [-0.15, -0.1) is 0 Å².